The Morgan fingerprint density at radius 1 is 1.24 bits per heavy atom. The minimum atomic E-state index is -1.34. The Balaban J connectivity index is 2.60. The fourth-order valence-corrected chi connectivity index (χ4v) is 1.61. The Morgan fingerprint density at radius 2 is 1.94 bits per heavy atom. The molecule has 86 valence electrons. The van der Waals surface area contributed by atoms with Gasteiger partial charge >= 0.3 is 11.9 Å². The molecule has 1 aromatic rings. The van der Waals surface area contributed by atoms with Crippen LogP contribution in [0.1, 0.15) is 20.7 Å². The van der Waals surface area contributed by atoms with Crippen molar-refractivity contribution in [2.45, 2.75) is 0 Å². The van der Waals surface area contributed by atoms with Crippen molar-refractivity contribution in [1.29, 1.82) is 0 Å². The maximum absolute atomic E-state index is 11.8. The summed E-state index contributed by atoms with van der Waals surface area (Å²) in [5, 5.41) is 17.7. The Kier molecular flexibility index (Phi) is 2.47. The summed E-state index contributed by atoms with van der Waals surface area (Å²) in [5.41, 5.74) is -0.0711. The number of hydrogen-bond donors (Lipinski definition) is 2. The number of carboxylic acid groups (broad SMARTS) is 2. The number of Topliss-reactive ketones (excluding diaryl/α,β-unsaturated/α-hetero) is 1. The van der Waals surface area contributed by atoms with Crippen LogP contribution in [0.3, 0.4) is 0 Å². The molecule has 0 saturated carbocycles. The molecule has 1 aliphatic rings. The molecular formula is C11H7NO5. The number of para-hydroxylation sites is 1. The molecule has 0 amide bonds. The lowest BCUT2D eigenvalue weighted by molar-refractivity contribution is -0.137. The predicted molar refractivity (Wildman–Crippen MR) is 57.0 cm³/mol. The molecule has 1 aromatic carbocycles. The highest BCUT2D eigenvalue weighted by atomic mass is 16.4. The van der Waals surface area contributed by atoms with Crippen molar-refractivity contribution in [3.8, 4) is 0 Å². The first kappa shape index (κ1) is 11.0. The molecule has 0 aliphatic carbocycles. The third-order valence-electron chi connectivity index (χ3n) is 2.43. The van der Waals surface area contributed by atoms with Gasteiger partial charge in [0.05, 0.1) is 11.3 Å². The summed E-state index contributed by atoms with van der Waals surface area (Å²) in [7, 11) is 0. The lowest BCUT2D eigenvalue weighted by Crippen LogP contribution is -2.28. The number of benzene rings is 1. The van der Waals surface area contributed by atoms with E-state index in [0.29, 0.717) is 0 Å². The fourth-order valence-electron chi connectivity index (χ4n) is 1.61. The zero-order valence-electron chi connectivity index (χ0n) is 8.45. The second-order valence-corrected chi connectivity index (χ2v) is 3.47. The molecule has 2 rings (SSSR count). The van der Waals surface area contributed by atoms with Gasteiger partial charge in [0.2, 0.25) is 0 Å². The van der Waals surface area contributed by atoms with E-state index in [1.54, 1.807) is 0 Å². The molecule has 2 N–H and O–H groups in total. The van der Waals surface area contributed by atoms with Crippen molar-refractivity contribution < 1.29 is 24.6 Å². The number of aliphatic carboxylic acids is 1. The van der Waals surface area contributed by atoms with Crippen LogP contribution in [-0.4, -0.2) is 34.1 Å². The Bertz CT molecular complexity index is 561. The Morgan fingerprint density at radius 3 is 2.53 bits per heavy atom. The molecule has 0 fully saturated rings. The van der Waals surface area contributed by atoms with Gasteiger partial charge in [-0.3, -0.25) is 14.6 Å². The topological polar surface area (TPSA) is 104 Å². The number of aromatic carboxylic acids is 1. The van der Waals surface area contributed by atoms with Crippen LogP contribution in [0.4, 0.5) is 5.69 Å². The minimum Gasteiger partial charge on any atom is -0.480 e. The summed E-state index contributed by atoms with van der Waals surface area (Å²) >= 11 is 0. The molecule has 6 nitrogen and oxygen atoms in total. The summed E-state index contributed by atoms with van der Waals surface area (Å²) < 4.78 is 0. The number of aliphatic imine (C=N–C) groups is 1. The van der Waals surface area contributed by atoms with Gasteiger partial charge in [0.15, 0.2) is 11.7 Å². The van der Waals surface area contributed by atoms with E-state index in [0.717, 1.165) is 6.21 Å². The summed E-state index contributed by atoms with van der Waals surface area (Å²) in [6.07, 6.45) is 0.958. The van der Waals surface area contributed by atoms with E-state index in [1.165, 1.54) is 18.2 Å². The van der Waals surface area contributed by atoms with Gasteiger partial charge in [-0.1, -0.05) is 6.07 Å². The van der Waals surface area contributed by atoms with E-state index < -0.39 is 23.6 Å². The van der Waals surface area contributed by atoms with Crippen LogP contribution < -0.4 is 0 Å². The SMILES string of the molecule is O=C(O)c1cccc2c1N=CC(C(=O)O)C2=O. The molecule has 0 saturated heterocycles. The van der Waals surface area contributed by atoms with Crippen molar-refractivity contribution in [2.75, 3.05) is 0 Å². The van der Waals surface area contributed by atoms with Crippen LogP contribution in [-0.2, 0) is 4.79 Å². The lowest BCUT2D eigenvalue weighted by Gasteiger charge is -2.15. The third kappa shape index (κ3) is 1.69. The second kappa shape index (κ2) is 3.82. The van der Waals surface area contributed by atoms with Crippen LogP contribution >= 0.6 is 0 Å². The molecule has 0 aromatic heterocycles. The maximum atomic E-state index is 11.8. The second-order valence-electron chi connectivity index (χ2n) is 3.47. The zero-order valence-corrected chi connectivity index (χ0v) is 8.45. The number of carboxylic acids is 2. The molecule has 1 unspecified atom stereocenters. The fraction of sp³-hybridized carbons (Fsp3) is 0.0909. The quantitative estimate of drug-likeness (QED) is 0.741. The summed E-state index contributed by atoms with van der Waals surface area (Å²) in [5.74, 6) is -4.50. The normalized spacial score (nSPS) is 17.6. The first-order chi connectivity index (χ1) is 8.02. The Hall–Kier alpha value is -2.50. The number of nitrogens with zero attached hydrogens (tertiary/aromatic N) is 1. The van der Waals surface area contributed by atoms with Gasteiger partial charge < -0.3 is 10.2 Å². The average molecular weight is 233 g/mol. The number of carbonyl (C=O) groups excluding carboxylic acids is 1. The molecule has 1 atom stereocenters. The molecule has 0 radical (unpaired) electrons. The maximum Gasteiger partial charge on any atom is 0.337 e. The van der Waals surface area contributed by atoms with E-state index in [4.69, 9.17) is 10.2 Å². The zero-order chi connectivity index (χ0) is 12.6. The minimum absolute atomic E-state index is 0.0162. The van der Waals surface area contributed by atoms with Crippen molar-refractivity contribution in [1.82, 2.24) is 0 Å². The standard InChI is InChI=1S/C11H7NO5/c13-9-5-2-1-3-6(10(14)15)8(5)12-4-7(9)11(16)17/h1-4,7H,(H,14,15)(H,16,17). The Labute approximate surface area is 95.2 Å². The highest BCUT2D eigenvalue weighted by Crippen LogP contribution is 2.30. The molecule has 6 heteroatoms. The van der Waals surface area contributed by atoms with Gasteiger partial charge in [-0.05, 0) is 12.1 Å². The molecule has 0 spiro atoms. The van der Waals surface area contributed by atoms with Crippen LogP contribution in [0.15, 0.2) is 23.2 Å². The first-order valence-corrected chi connectivity index (χ1v) is 4.70. The van der Waals surface area contributed by atoms with Crippen LogP contribution in [0.2, 0.25) is 0 Å². The number of fused-ring (bicyclic) bond motifs is 1. The predicted octanol–water partition coefficient (Wildman–Crippen LogP) is 0.984. The number of carbonyl (C=O) groups is 3. The van der Waals surface area contributed by atoms with Crippen LogP contribution in [0.25, 0.3) is 0 Å². The van der Waals surface area contributed by atoms with Gasteiger partial charge in [-0.15, -0.1) is 0 Å². The van der Waals surface area contributed by atoms with Crippen molar-refractivity contribution in [2.24, 2.45) is 10.9 Å². The molecule has 1 aliphatic heterocycles. The molecule has 1 heterocycles. The van der Waals surface area contributed by atoms with Gasteiger partial charge in [0.25, 0.3) is 0 Å². The van der Waals surface area contributed by atoms with E-state index in [2.05, 4.69) is 4.99 Å². The number of ketones is 1. The van der Waals surface area contributed by atoms with Crippen LogP contribution in [0.5, 0.6) is 0 Å². The van der Waals surface area contributed by atoms with E-state index in [1.807, 2.05) is 0 Å². The van der Waals surface area contributed by atoms with Gasteiger partial charge in [0, 0.05) is 11.8 Å². The van der Waals surface area contributed by atoms with E-state index >= 15 is 0 Å². The average Bonchev–Trinajstić information content (AvgIpc) is 2.28. The van der Waals surface area contributed by atoms with Gasteiger partial charge in [0.1, 0.15) is 0 Å². The van der Waals surface area contributed by atoms with Gasteiger partial charge in [-0.25, -0.2) is 4.79 Å². The smallest absolute Gasteiger partial charge is 0.337 e. The van der Waals surface area contributed by atoms with E-state index in [-0.39, 0.29) is 16.8 Å². The molecule has 0 bridgehead atoms. The van der Waals surface area contributed by atoms with Crippen molar-refractivity contribution in [3.05, 3.63) is 29.3 Å². The monoisotopic (exact) mass is 233 g/mol. The summed E-state index contributed by atoms with van der Waals surface area (Å²) in [6.45, 7) is 0. The number of hydrogen-bond acceptors (Lipinski definition) is 4. The highest BCUT2D eigenvalue weighted by Gasteiger charge is 2.32. The number of rotatable bonds is 2. The van der Waals surface area contributed by atoms with Crippen molar-refractivity contribution >= 4 is 29.6 Å². The molecule has 17 heavy (non-hydrogen) atoms. The highest BCUT2D eigenvalue weighted by molar-refractivity contribution is 6.23. The van der Waals surface area contributed by atoms with Crippen LogP contribution in [0, 0.1) is 5.92 Å². The summed E-state index contributed by atoms with van der Waals surface area (Å²) in [6, 6.07) is 4.07. The lowest BCUT2D eigenvalue weighted by atomic mass is 9.93. The third-order valence-corrected chi connectivity index (χ3v) is 2.43. The van der Waals surface area contributed by atoms with E-state index in [9.17, 15) is 14.4 Å². The summed E-state index contributed by atoms with van der Waals surface area (Å²) in [4.78, 5) is 37.2. The first-order valence-electron chi connectivity index (χ1n) is 4.70. The van der Waals surface area contributed by atoms with Crippen molar-refractivity contribution in [3.63, 3.8) is 0 Å². The molecular weight excluding hydrogens is 226 g/mol. The van der Waals surface area contributed by atoms with Gasteiger partial charge in [-0.2, -0.15) is 0 Å². The largest absolute Gasteiger partial charge is 0.480 e.